The number of hydrogen-bond donors (Lipinski definition) is 1. The molecule has 1 aromatic heterocycles. The predicted molar refractivity (Wildman–Crippen MR) is 81.4 cm³/mol. The van der Waals surface area contributed by atoms with Crippen LogP contribution in [0.2, 0.25) is 0 Å². The highest BCUT2D eigenvalue weighted by Crippen LogP contribution is 2.44. The lowest BCUT2D eigenvalue weighted by Gasteiger charge is -2.25. The van der Waals surface area contributed by atoms with Gasteiger partial charge in [-0.25, -0.2) is 9.97 Å². The second kappa shape index (κ2) is 4.87. The fourth-order valence-electron chi connectivity index (χ4n) is 2.42. The summed E-state index contributed by atoms with van der Waals surface area (Å²) in [5.74, 6) is 3.00. The summed E-state index contributed by atoms with van der Waals surface area (Å²) in [6.07, 6.45) is 1.98. The van der Waals surface area contributed by atoms with Gasteiger partial charge >= 0.3 is 0 Å². The first-order valence-electron chi connectivity index (χ1n) is 6.93. The van der Waals surface area contributed by atoms with Gasteiger partial charge in [-0.15, -0.1) is 0 Å². The lowest BCUT2D eigenvalue weighted by Crippen LogP contribution is -2.24. The van der Waals surface area contributed by atoms with Crippen LogP contribution in [0.3, 0.4) is 0 Å². The second-order valence-corrected chi connectivity index (χ2v) is 6.10. The molecule has 2 aliphatic rings. The van der Waals surface area contributed by atoms with E-state index in [2.05, 4.69) is 25.9 Å². The third kappa shape index (κ3) is 2.33. The molecule has 2 heterocycles. The van der Waals surface area contributed by atoms with Gasteiger partial charge in [0.15, 0.2) is 23.4 Å². The third-order valence-electron chi connectivity index (χ3n) is 3.68. The van der Waals surface area contributed by atoms with E-state index in [0.717, 1.165) is 28.8 Å². The highest BCUT2D eigenvalue weighted by molar-refractivity contribution is 9.10. The molecule has 5 nitrogen and oxygen atoms in total. The number of aromatic nitrogens is 2. The van der Waals surface area contributed by atoms with E-state index >= 15 is 0 Å². The minimum absolute atomic E-state index is 0.326. The Morgan fingerprint density at radius 2 is 1.90 bits per heavy atom. The van der Waals surface area contributed by atoms with Crippen LogP contribution in [0.15, 0.2) is 28.7 Å². The molecule has 0 amide bonds. The molecule has 1 aliphatic heterocycles. The van der Waals surface area contributed by atoms with Gasteiger partial charge in [0.2, 0.25) is 0 Å². The Morgan fingerprint density at radius 3 is 2.67 bits per heavy atom. The van der Waals surface area contributed by atoms with Crippen molar-refractivity contribution in [2.75, 3.05) is 12.3 Å². The Labute approximate surface area is 130 Å². The molecule has 0 bridgehead atoms. The third-order valence-corrected chi connectivity index (χ3v) is 4.49. The number of anilines is 1. The minimum Gasteiger partial charge on any atom is -0.485 e. The van der Waals surface area contributed by atoms with Crippen molar-refractivity contribution < 1.29 is 9.47 Å². The molecule has 0 saturated heterocycles. The summed E-state index contributed by atoms with van der Waals surface area (Å²) in [5.41, 5.74) is 6.98. The number of para-hydroxylation sites is 2. The van der Waals surface area contributed by atoms with Gasteiger partial charge in [-0.2, -0.15) is 0 Å². The van der Waals surface area contributed by atoms with Crippen molar-refractivity contribution in [2.45, 2.75) is 24.9 Å². The Morgan fingerprint density at radius 1 is 1.14 bits per heavy atom. The molecule has 1 unspecified atom stereocenters. The fourth-order valence-corrected chi connectivity index (χ4v) is 2.92. The van der Waals surface area contributed by atoms with Gasteiger partial charge in [0.25, 0.3) is 0 Å². The maximum Gasteiger partial charge on any atom is 0.192 e. The number of rotatable bonds is 2. The standard InChI is InChI=1S/C15H14BrN3O2/c16-12-13(8-5-6-8)18-15(19-14(12)17)11-7-20-9-3-1-2-4-10(9)21-11/h1-4,8,11H,5-7H2,(H2,17,18,19). The molecule has 2 aromatic rings. The van der Waals surface area contributed by atoms with Crippen molar-refractivity contribution >= 4 is 21.7 Å². The number of nitrogens with zero attached hydrogens (tertiary/aromatic N) is 2. The van der Waals surface area contributed by atoms with Gasteiger partial charge in [-0.05, 0) is 40.9 Å². The Balaban J connectivity index is 1.68. The van der Waals surface area contributed by atoms with Crippen molar-refractivity contribution in [1.29, 1.82) is 0 Å². The smallest absolute Gasteiger partial charge is 0.192 e. The molecule has 21 heavy (non-hydrogen) atoms. The van der Waals surface area contributed by atoms with Crippen LogP contribution in [0.4, 0.5) is 5.82 Å². The molecule has 1 aliphatic carbocycles. The Bertz CT molecular complexity index is 703. The molecule has 6 heteroatoms. The number of benzene rings is 1. The van der Waals surface area contributed by atoms with E-state index in [1.54, 1.807) is 0 Å². The Kier molecular flexibility index (Phi) is 2.99. The summed E-state index contributed by atoms with van der Waals surface area (Å²) >= 11 is 3.48. The molecule has 2 N–H and O–H groups in total. The molecular formula is C15H14BrN3O2. The lowest BCUT2D eigenvalue weighted by molar-refractivity contribution is 0.0850. The van der Waals surface area contributed by atoms with Gasteiger partial charge in [-0.1, -0.05) is 12.1 Å². The van der Waals surface area contributed by atoms with Gasteiger partial charge < -0.3 is 15.2 Å². The topological polar surface area (TPSA) is 70.3 Å². The first kappa shape index (κ1) is 12.9. The van der Waals surface area contributed by atoms with Gasteiger partial charge in [0, 0.05) is 5.92 Å². The van der Waals surface area contributed by atoms with Crippen LogP contribution in [0.1, 0.15) is 36.4 Å². The number of nitrogen functional groups attached to an aromatic ring is 1. The van der Waals surface area contributed by atoms with Gasteiger partial charge in [-0.3, -0.25) is 0 Å². The van der Waals surface area contributed by atoms with Crippen LogP contribution in [-0.2, 0) is 0 Å². The zero-order valence-electron chi connectivity index (χ0n) is 11.3. The average molecular weight is 348 g/mol. The van der Waals surface area contributed by atoms with Crippen LogP contribution in [0.25, 0.3) is 0 Å². The van der Waals surface area contributed by atoms with E-state index in [1.165, 1.54) is 0 Å². The summed E-state index contributed by atoms with van der Waals surface area (Å²) < 4.78 is 12.5. The number of nitrogens with two attached hydrogens (primary N) is 1. The summed E-state index contributed by atoms with van der Waals surface area (Å²) in [7, 11) is 0. The molecule has 1 fully saturated rings. The monoisotopic (exact) mass is 347 g/mol. The zero-order chi connectivity index (χ0) is 14.4. The molecule has 1 aromatic carbocycles. The number of fused-ring (bicyclic) bond motifs is 1. The number of ether oxygens (including phenoxy) is 2. The van der Waals surface area contributed by atoms with Crippen molar-refractivity contribution in [3.63, 3.8) is 0 Å². The molecule has 0 spiro atoms. The lowest BCUT2D eigenvalue weighted by atomic mass is 10.2. The normalized spacial score (nSPS) is 20.3. The van der Waals surface area contributed by atoms with Crippen molar-refractivity contribution in [3.05, 3.63) is 40.3 Å². The van der Waals surface area contributed by atoms with Crippen LogP contribution in [-0.4, -0.2) is 16.6 Å². The molecule has 1 saturated carbocycles. The number of halogens is 1. The first-order chi connectivity index (χ1) is 10.2. The van der Waals surface area contributed by atoms with Gasteiger partial charge in [0.05, 0.1) is 10.2 Å². The quantitative estimate of drug-likeness (QED) is 0.902. The average Bonchev–Trinajstić information content (AvgIpc) is 3.34. The maximum atomic E-state index is 5.99. The van der Waals surface area contributed by atoms with E-state index in [4.69, 9.17) is 15.2 Å². The number of hydrogen-bond acceptors (Lipinski definition) is 5. The molecular weight excluding hydrogens is 334 g/mol. The molecule has 4 rings (SSSR count). The van der Waals surface area contributed by atoms with E-state index < -0.39 is 0 Å². The Hall–Kier alpha value is -1.82. The van der Waals surface area contributed by atoms with Crippen LogP contribution < -0.4 is 15.2 Å². The van der Waals surface area contributed by atoms with E-state index in [9.17, 15) is 0 Å². The second-order valence-electron chi connectivity index (χ2n) is 5.30. The summed E-state index contributed by atoms with van der Waals surface area (Å²) in [4.78, 5) is 9.00. The van der Waals surface area contributed by atoms with Crippen LogP contribution in [0, 0.1) is 0 Å². The van der Waals surface area contributed by atoms with Gasteiger partial charge in [0.1, 0.15) is 12.4 Å². The van der Waals surface area contributed by atoms with E-state index in [0.29, 0.717) is 29.9 Å². The zero-order valence-corrected chi connectivity index (χ0v) is 12.8. The molecule has 108 valence electrons. The fraction of sp³-hybridized carbons (Fsp3) is 0.333. The molecule has 1 atom stereocenters. The summed E-state index contributed by atoms with van der Waals surface area (Å²) in [5, 5.41) is 0. The predicted octanol–water partition coefficient (Wildman–Crippen LogP) is 3.21. The van der Waals surface area contributed by atoms with E-state index in [-0.39, 0.29) is 6.10 Å². The van der Waals surface area contributed by atoms with Crippen LogP contribution in [0.5, 0.6) is 11.5 Å². The largest absolute Gasteiger partial charge is 0.485 e. The first-order valence-corrected chi connectivity index (χ1v) is 7.73. The summed E-state index contributed by atoms with van der Waals surface area (Å²) in [6, 6.07) is 7.60. The van der Waals surface area contributed by atoms with Crippen molar-refractivity contribution in [1.82, 2.24) is 9.97 Å². The SMILES string of the molecule is Nc1nc(C2COc3ccccc3O2)nc(C2CC2)c1Br. The maximum absolute atomic E-state index is 5.99. The van der Waals surface area contributed by atoms with Crippen LogP contribution >= 0.6 is 15.9 Å². The van der Waals surface area contributed by atoms with E-state index in [1.807, 2.05) is 24.3 Å². The highest BCUT2D eigenvalue weighted by Gasteiger charge is 2.32. The van der Waals surface area contributed by atoms with Crippen molar-refractivity contribution in [2.24, 2.45) is 0 Å². The minimum atomic E-state index is -0.326. The molecule has 0 radical (unpaired) electrons. The van der Waals surface area contributed by atoms with Crippen molar-refractivity contribution in [3.8, 4) is 11.5 Å². The highest BCUT2D eigenvalue weighted by atomic mass is 79.9. The summed E-state index contributed by atoms with van der Waals surface area (Å²) in [6.45, 7) is 0.391.